The van der Waals surface area contributed by atoms with Crippen molar-refractivity contribution in [2.75, 3.05) is 0 Å². The summed E-state index contributed by atoms with van der Waals surface area (Å²) in [4.78, 5) is 0. The third-order valence-electron chi connectivity index (χ3n) is 5.35. The SMILES string of the molecule is CC(C)(C)c1cc(CP2(=O)OC(C)(C)C(C)(C)O2)cc(C(C)(C)C)c1O. The van der Waals surface area contributed by atoms with Gasteiger partial charge in [0.2, 0.25) is 0 Å². The standard InChI is InChI=1S/C21H35O4P/c1-18(2,3)15-11-14(12-16(17(15)22)19(4,5)6)13-26(23)24-20(7,8)21(9,10)25-26/h11-12,22H,13H2,1-10H3. The number of rotatable bonds is 2. The molecule has 0 bridgehead atoms. The van der Waals surface area contributed by atoms with Crippen LogP contribution in [0.1, 0.15) is 85.9 Å². The van der Waals surface area contributed by atoms with E-state index in [0.29, 0.717) is 5.75 Å². The maximum Gasteiger partial charge on any atom is 0.336 e. The third kappa shape index (κ3) is 4.03. The monoisotopic (exact) mass is 382 g/mol. The minimum Gasteiger partial charge on any atom is -0.507 e. The van der Waals surface area contributed by atoms with Gasteiger partial charge in [-0.1, -0.05) is 53.7 Å². The first-order valence-electron chi connectivity index (χ1n) is 9.25. The highest BCUT2D eigenvalue weighted by atomic mass is 31.2. The molecule has 0 aromatic heterocycles. The zero-order valence-corrected chi connectivity index (χ0v) is 18.9. The minimum absolute atomic E-state index is 0.201. The minimum atomic E-state index is -3.28. The van der Waals surface area contributed by atoms with Crippen molar-refractivity contribution >= 4 is 7.60 Å². The first kappa shape index (κ1) is 21.5. The molecule has 1 aromatic rings. The van der Waals surface area contributed by atoms with Gasteiger partial charge in [-0.3, -0.25) is 13.6 Å². The van der Waals surface area contributed by atoms with Gasteiger partial charge in [0.05, 0.1) is 6.16 Å². The van der Waals surface area contributed by atoms with Gasteiger partial charge in [0, 0.05) is 0 Å². The fraction of sp³-hybridized carbons (Fsp3) is 0.714. The van der Waals surface area contributed by atoms with Crippen LogP contribution in [0.25, 0.3) is 0 Å². The van der Waals surface area contributed by atoms with Gasteiger partial charge in [-0.2, -0.15) is 0 Å². The van der Waals surface area contributed by atoms with Crippen LogP contribution in [0.3, 0.4) is 0 Å². The van der Waals surface area contributed by atoms with Crippen molar-refractivity contribution < 1.29 is 18.7 Å². The van der Waals surface area contributed by atoms with Crippen LogP contribution >= 0.6 is 7.60 Å². The molecule has 5 heteroatoms. The molecule has 0 saturated carbocycles. The maximum atomic E-state index is 13.3. The molecule has 0 unspecified atom stereocenters. The molecule has 148 valence electrons. The Morgan fingerprint density at radius 1 is 0.885 bits per heavy atom. The lowest BCUT2D eigenvalue weighted by molar-refractivity contribution is 0.00578. The molecule has 1 saturated heterocycles. The van der Waals surface area contributed by atoms with Crippen LogP contribution < -0.4 is 0 Å². The highest BCUT2D eigenvalue weighted by molar-refractivity contribution is 7.53. The van der Waals surface area contributed by atoms with E-state index in [1.807, 2.05) is 39.8 Å². The summed E-state index contributed by atoms with van der Waals surface area (Å²) in [6.07, 6.45) is 0.201. The molecule has 0 amide bonds. The van der Waals surface area contributed by atoms with Gasteiger partial charge >= 0.3 is 7.60 Å². The third-order valence-corrected chi connectivity index (χ3v) is 7.57. The molecule has 0 aliphatic carbocycles. The number of benzene rings is 1. The Balaban J connectivity index is 2.53. The molecule has 26 heavy (non-hydrogen) atoms. The molecule has 1 aliphatic heterocycles. The van der Waals surface area contributed by atoms with Crippen LogP contribution in [0.5, 0.6) is 5.75 Å². The lowest BCUT2D eigenvalue weighted by Gasteiger charge is -2.29. The van der Waals surface area contributed by atoms with Crippen molar-refractivity contribution in [1.29, 1.82) is 0 Å². The molecule has 0 spiro atoms. The fourth-order valence-corrected chi connectivity index (χ4v) is 5.78. The summed E-state index contributed by atoms with van der Waals surface area (Å²) in [6, 6.07) is 3.88. The van der Waals surface area contributed by atoms with Crippen LogP contribution in [-0.4, -0.2) is 16.3 Å². The lowest BCUT2D eigenvalue weighted by atomic mass is 9.78. The summed E-state index contributed by atoms with van der Waals surface area (Å²) in [5.74, 6) is 0.320. The van der Waals surface area contributed by atoms with Crippen molar-refractivity contribution in [3.05, 3.63) is 28.8 Å². The second-order valence-electron chi connectivity index (χ2n) is 10.5. The Bertz CT molecular complexity index is 693. The predicted molar refractivity (Wildman–Crippen MR) is 107 cm³/mol. The summed E-state index contributed by atoms with van der Waals surface area (Å²) in [5, 5.41) is 10.8. The summed E-state index contributed by atoms with van der Waals surface area (Å²) >= 11 is 0. The average molecular weight is 382 g/mol. The van der Waals surface area contributed by atoms with Crippen molar-refractivity contribution in [1.82, 2.24) is 0 Å². The topological polar surface area (TPSA) is 55.8 Å². The lowest BCUT2D eigenvalue weighted by Crippen LogP contribution is -2.41. The van der Waals surface area contributed by atoms with Gasteiger partial charge in [-0.15, -0.1) is 0 Å². The molecule has 4 nitrogen and oxygen atoms in total. The molecule has 1 N–H and O–H groups in total. The van der Waals surface area contributed by atoms with Gasteiger partial charge in [-0.25, -0.2) is 0 Å². The average Bonchev–Trinajstić information content (AvgIpc) is 2.52. The second kappa shape index (κ2) is 6.09. The molecule has 2 rings (SSSR count). The number of hydrogen-bond acceptors (Lipinski definition) is 4. The van der Waals surface area contributed by atoms with E-state index >= 15 is 0 Å². The smallest absolute Gasteiger partial charge is 0.336 e. The normalized spacial score (nSPS) is 21.8. The van der Waals surface area contributed by atoms with E-state index in [0.717, 1.165) is 16.7 Å². The highest BCUT2D eigenvalue weighted by Gasteiger charge is 2.55. The summed E-state index contributed by atoms with van der Waals surface area (Å²) < 4.78 is 25.1. The van der Waals surface area contributed by atoms with Crippen molar-refractivity contribution in [3.63, 3.8) is 0 Å². The van der Waals surface area contributed by atoms with Gasteiger partial charge in [0.1, 0.15) is 17.0 Å². The van der Waals surface area contributed by atoms with Crippen LogP contribution in [0.15, 0.2) is 12.1 Å². The highest BCUT2D eigenvalue weighted by Crippen LogP contribution is 2.65. The number of phenolic OH excluding ortho intramolecular Hbond substituents is 1. The van der Waals surface area contributed by atoms with E-state index in [1.54, 1.807) is 0 Å². The van der Waals surface area contributed by atoms with Gasteiger partial charge in [0.25, 0.3) is 0 Å². The predicted octanol–water partition coefficient (Wildman–Crippen LogP) is 6.28. The van der Waals surface area contributed by atoms with Crippen LogP contribution in [0.2, 0.25) is 0 Å². The summed E-state index contributed by atoms with van der Waals surface area (Å²) in [6.45, 7) is 20.0. The molecule has 1 heterocycles. The van der Waals surface area contributed by atoms with E-state index < -0.39 is 18.8 Å². The van der Waals surface area contributed by atoms with Crippen LogP contribution in [0, 0.1) is 0 Å². The number of phenols is 1. The first-order valence-corrected chi connectivity index (χ1v) is 11.0. The summed E-state index contributed by atoms with van der Waals surface area (Å²) in [5.41, 5.74) is 0.857. The molecule has 0 radical (unpaired) electrons. The summed E-state index contributed by atoms with van der Waals surface area (Å²) in [7, 11) is -3.28. The van der Waals surface area contributed by atoms with Gasteiger partial charge in [0.15, 0.2) is 0 Å². The van der Waals surface area contributed by atoms with E-state index in [1.165, 1.54) is 0 Å². The Morgan fingerprint density at radius 2 is 1.23 bits per heavy atom. The zero-order valence-electron chi connectivity index (χ0n) is 18.0. The first-order chi connectivity index (χ1) is 11.4. The van der Waals surface area contributed by atoms with Crippen LogP contribution in [0.4, 0.5) is 0 Å². The van der Waals surface area contributed by atoms with E-state index in [-0.39, 0.29) is 17.0 Å². The second-order valence-corrected chi connectivity index (χ2v) is 12.4. The van der Waals surface area contributed by atoms with Gasteiger partial charge in [-0.05, 0) is 55.2 Å². The van der Waals surface area contributed by atoms with E-state index in [4.69, 9.17) is 9.05 Å². The van der Waals surface area contributed by atoms with Crippen molar-refractivity contribution in [2.24, 2.45) is 0 Å². The van der Waals surface area contributed by atoms with Crippen molar-refractivity contribution in [2.45, 2.75) is 97.4 Å². The molecule has 1 fully saturated rings. The van der Waals surface area contributed by atoms with E-state index in [9.17, 15) is 9.67 Å². The van der Waals surface area contributed by atoms with Crippen LogP contribution in [-0.2, 0) is 30.6 Å². The Hall–Kier alpha value is -0.830. The quantitative estimate of drug-likeness (QED) is 0.611. The maximum absolute atomic E-state index is 13.3. The Labute approximate surface area is 158 Å². The van der Waals surface area contributed by atoms with Gasteiger partial charge < -0.3 is 5.11 Å². The number of hydrogen-bond donors (Lipinski definition) is 1. The Kier molecular flexibility index (Phi) is 5.03. The largest absolute Gasteiger partial charge is 0.507 e. The molecular weight excluding hydrogens is 347 g/mol. The van der Waals surface area contributed by atoms with E-state index in [2.05, 4.69) is 41.5 Å². The fourth-order valence-electron chi connectivity index (χ4n) is 3.15. The molecular formula is C21H35O4P. The van der Waals surface area contributed by atoms with Crippen molar-refractivity contribution in [3.8, 4) is 5.75 Å². The zero-order chi connectivity index (χ0) is 20.3. The molecule has 1 aliphatic rings. The molecule has 1 aromatic carbocycles. The number of aromatic hydroxyl groups is 1. The Morgan fingerprint density at radius 3 is 1.54 bits per heavy atom. The molecule has 0 atom stereocenters.